The van der Waals surface area contributed by atoms with Gasteiger partial charge in [-0.15, -0.1) is 0 Å². The van der Waals surface area contributed by atoms with Crippen molar-refractivity contribution in [2.24, 2.45) is 40.4 Å². The van der Waals surface area contributed by atoms with Crippen LogP contribution in [0.3, 0.4) is 0 Å². The molecule has 40 heavy (non-hydrogen) atoms. The number of aliphatic hydroxyl groups excluding tert-OH is 2. The maximum Gasteiger partial charge on any atom is 0.336 e. The molecule has 2 N–H and O–H groups in total. The van der Waals surface area contributed by atoms with Gasteiger partial charge in [-0.25, -0.2) is 4.79 Å². The predicted molar refractivity (Wildman–Crippen MR) is 148 cm³/mol. The monoisotopic (exact) mass is 547 g/mol. The minimum absolute atomic E-state index is 0.0885. The van der Waals surface area contributed by atoms with E-state index in [1.165, 1.54) is 0 Å². The van der Waals surface area contributed by atoms with Crippen LogP contribution in [0.5, 0.6) is 0 Å². The number of esters is 1. The third kappa shape index (κ3) is 3.26. The standard InChI is InChI=1S/C33H41NO6/c1-17-12-26(39-30(38)22(17)16-35)18(2)23-7-8-24-21-14-28-33(40-28)27(36)13-20(19-6-5-11-34-15-19)29(37)32(33,4)25(21)9-10-31(23,24)3/h5-6,11,13,15,18,21,23-28,35-36H,7-10,12,14,16H2,1-4H3/t18-,21-,23+,24-,25-,26+,27-,28+,31+,32-,33+/m0/s1. The van der Waals surface area contributed by atoms with Gasteiger partial charge in [0.1, 0.15) is 17.8 Å². The minimum atomic E-state index is -0.819. The van der Waals surface area contributed by atoms with Crippen molar-refractivity contribution in [1.29, 1.82) is 0 Å². The number of nitrogens with zero attached hydrogens (tertiary/aromatic N) is 1. The van der Waals surface area contributed by atoms with Gasteiger partial charge in [-0.2, -0.15) is 0 Å². The van der Waals surface area contributed by atoms with E-state index in [2.05, 4.69) is 25.8 Å². The molecule has 6 aliphatic rings. The van der Waals surface area contributed by atoms with Crippen molar-refractivity contribution in [2.45, 2.75) is 90.1 Å². The lowest BCUT2D eigenvalue weighted by Crippen LogP contribution is -2.64. The average Bonchev–Trinajstić information content (AvgIpc) is 3.58. The van der Waals surface area contributed by atoms with Crippen molar-refractivity contribution in [1.82, 2.24) is 4.98 Å². The molecule has 7 rings (SSSR count). The molecule has 0 unspecified atom stereocenters. The zero-order chi connectivity index (χ0) is 28.2. The summed E-state index contributed by atoms with van der Waals surface area (Å²) in [7, 11) is 0. The Balaban J connectivity index is 1.18. The number of hydrogen-bond donors (Lipinski definition) is 2. The number of cyclic esters (lactones) is 1. The summed E-state index contributed by atoms with van der Waals surface area (Å²) in [6, 6.07) is 3.73. The molecule has 1 aromatic rings. The van der Waals surface area contributed by atoms with Crippen molar-refractivity contribution < 1.29 is 29.3 Å². The van der Waals surface area contributed by atoms with Gasteiger partial charge in [0.2, 0.25) is 0 Å². The number of carbonyl (C=O) groups is 2. The largest absolute Gasteiger partial charge is 0.458 e. The molecule has 1 aromatic heterocycles. The number of fused-ring (bicyclic) bond motifs is 4. The van der Waals surface area contributed by atoms with E-state index in [1.54, 1.807) is 18.5 Å². The second-order valence-electron chi connectivity index (χ2n) is 14.0. The van der Waals surface area contributed by atoms with Gasteiger partial charge in [-0.05, 0) is 93.1 Å². The van der Waals surface area contributed by atoms with Crippen LogP contribution in [0, 0.1) is 40.4 Å². The molecule has 3 heterocycles. The second kappa shape index (κ2) is 8.83. The van der Waals surface area contributed by atoms with Crippen LogP contribution in [0.2, 0.25) is 0 Å². The first-order chi connectivity index (χ1) is 19.1. The van der Waals surface area contributed by atoms with E-state index in [-0.39, 0.29) is 47.8 Å². The zero-order valence-electron chi connectivity index (χ0n) is 23.9. The number of carbonyl (C=O) groups excluding carboxylic acids is 2. The Morgan fingerprint density at radius 2 is 1.98 bits per heavy atom. The second-order valence-corrected chi connectivity index (χ2v) is 14.0. The maximum absolute atomic E-state index is 14.4. The van der Waals surface area contributed by atoms with Crippen LogP contribution in [0.25, 0.3) is 5.57 Å². The highest BCUT2D eigenvalue weighted by Gasteiger charge is 2.81. The van der Waals surface area contributed by atoms with Gasteiger partial charge in [0.05, 0.1) is 23.7 Å². The van der Waals surface area contributed by atoms with Crippen molar-refractivity contribution in [2.75, 3.05) is 6.61 Å². The van der Waals surface area contributed by atoms with Crippen LogP contribution < -0.4 is 0 Å². The Kier molecular flexibility index (Phi) is 5.86. The average molecular weight is 548 g/mol. The summed E-state index contributed by atoms with van der Waals surface area (Å²) >= 11 is 0. The highest BCUT2D eigenvalue weighted by molar-refractivity contribution is 6.25. The van der Waals surface area contributed by atoms with Crippen LogP contribution in [0.1, 0.15) is 71.8 Å². The number of ketones is 1. The number of ether oxygens (including phenoxy) is 2. The topological polar surface area (TPSA) is 109 Å². The molecule has 11 atom stereocenters. The van der Waals surface area contributed by atoms with Crippen molar-refractivity contribution in [3.05, 3.63) is 47.3 Å². The van der Waals surface area contributed by atoms with Gasteiger partial charge in [-0.1, -0.05) is 25.5 Å². The summed E-state index contributed by atoms with van der Waals surface area (Å²) in [5, 5.41) is 21.1. The summed E-state index contributed by atoms with van der Waals surface area (Å²) in [5.74, 6) is 1.29. The number of epoxide rings is 1. The van der Waals surface area contributed by atoms with Crippen LogP contribution in [-0.2, 0) is 19.1 Å². The van der Waals surface area contributed by atoms with Gasteiger partial charge >= 0.3 is 5.97 Å². The number of allylic oxidation sites excluding steroid dienone is 1. The van der Waals surface area contributed by atoms with Crippen molar-refractivity contribution in [3.63, 3.8) is 0 Å². The molecular formula is C33H41NO6. The first-order valence-corrected chi connectivity index (χ1v) is 15.1. The predicted octanol–water partition coefficient (Wildman–Crippen LogP) is 4.28. The van der Waals surface area contributed by atoms with Gasteiger partial charge in [-0.3, -0.25) is 9.78 Å². The Hall–Kier alpha value is -2.35. The fraction of sp³-hybridized carbons (Fsp3) is 0.667. The lowest BCUT2D eigenvalue weighted by atomic mass is 9.43. The number of hydrogen-bond acceptors (Lipinski definition) is 7. The smallest absolute Gasteiger partial charge is 0.336 e. The summed E-state index contributed by atoms with van der Waals surface area (Å²) in [5.41, 5.74) is 1.15. The van der Waals surface area contributed by atoms with E-state index >= 15 is 0 Å². The molecule has 3 saturated carbocycles. The van der Waals surface area contributed by atoms with Gasteiger partial charge in [0, 0.05) is 30.0 Å². The molecule has 1 spiro atoms. The highest BCUT2D eigenvalue weighted by Crippen LogP contribution is 2.73. The van der Waals surface area contributed by atoms with Crippen LogP contribution in [0.15, 0.2) is 41.7 Å². The van der Waals surface area contributed by atoms with E-state index in [9.17, 15) is 19.8 Å². The fourth-order valence-electron chi connectivity index (χ4n) is 10.6. The summed E-state index contributed by atoms with van der Waals surface area (Å²) in [6.07, 6.45) is 9.71. The van der Waals surface area contributed by atoms with E-state index in [1.807, 2.05) is 19.1 Å². The van der Waals surface area contributed by atoms with E-state index in [0.717, 1.165) is 43.2 Å². The molecule has 7 nitrogen and oxygen atoms in total. The number of aromatic nitrogens is 1. The Morgan fingerprint density at radius 3 is 2.67 bits per heavy atom. The number of pyridine rings is 1. The number of Topliss-reactive ketones (excluding diaryl/α,β-unsaturated/α-hetero) is 1. The summed E-state index contributed by atoms with van der Waals surface area (Å²) in [4.78, 5) is 31.3. The number of rotatable bonds is 4. The normalized spacial score (nSPS) is 46.5. The molecular weight excluding hydrogens is 506 g/mol. The first-order valence-electron chi connectivity index (χ1n) is 15.1. The van der Waals surface area contributed by atoms with Gasteiger partial charge in [0.25, 0.3) is 0 Å². The van der Waals surface area contributed by atoms with Crippen LogP contribution >= 0.6 is 0 Å². The highest BCUT2D eigenvalue weighted by atomic mass is 16.6. The van der Waals surface area contributed by atoms with E-state index < -0.39 is 17.1 Å². The lowest BCUT2D eigenvalue weighted by molar-refractivity contribution is -0.155. The van der Waals surface area contributed by atoms with Gasteiger partial charge < -0.3 is 19.7 Å². The van der Waals surface area contributed by atoms with Crippen LogP contribution in [0.4, 0.5) is 0 Å². The van der Waals surface area contributed by atoms with Crippen molar-refractivity contribution >= 4 is 17.3 Å². The molecule has 0 amide bonds. The molecule has 214 valence electrons. The minimum Gasteiger partial charge on any atom is -0.458 e. The van der Waals surface area contributed by atoms with Gasteiger partial charge in [0.15, 0.2) is 5.78 Å². The van der Waals surface area contributed by atoms with E-state index in [0.29, 0.717) is 35.3 Å². The maximum atomic E-state index is 14.4. The SMILES string of the molecule is CC1=C(CO)C(=O)O[C@@H]([C@@H](C)[C@H]2CC[C@H]3[C@@H]4C[C@H]5O[C@]56[C@@H](O)C=C(c5cccnc5)C(=O)[C@]6(C)[C@H]4CC[C@]23C)C1. The molecule has 7 heteroatoms. The Labute approximate surface area is 236 Å². The molecule has 0 aromatic carbocycles. The van der Waals surface area contributed by atoms with E-state index in [4.69, 9.17) is 9.47 Å². The molecule has 0 bridgehead atoms. The van der Waals surface area contributed by atoms with Crippen molar-refractivity contribution in [3.8, 4) is 0 Å². The molecule has 4 fully saturated rings. The third-order valence-electron chi connectivity index (χ3n) is 12.7. The van der Waals surface area contributed by atoms with Crippen LogP contribution in [-0.4, -0.2) is 57.5 Å². The molecule has 1 saturated heterocycles. The Morgan fingerprint density at radius 1 is 1.18 bits per heavy atom. The zero-order valence-corrected chi connectivity index (χ0v) is 23.9. The molecule has 0 radical (unpaired) electrons. The summed E-state index contributed by atoms with van der Waals surface area (Å²) < 4.78 is 12.3. The molecule has 4 aliphatic carbocycles. The number of aliphatic hydroxyl groups is 2. The first kappa shape index (κ1) is 26.5. The Bertz CT molecular complexity index is 1320. The summed E-state index contributed by atoms with van der Waals surface area (Å²) in [6.45, 7) is 8.41. The quantitative estimate of drug-likeness (QED) is 0.428. The third-order valence-corrected chi connectivity index (χ3v) is 12.7. The molecule has 2 aliphatic heterocycles. The fourth-order valence-corrected chi connectivity index (χ4v) is 10.6. The lowest BCUT2D eigenvalue weighted by Gasteiger charge is -2.58.